The van der Waals surface area contributed by atoms with Gasteiger partial charge in [0, 0.05) is 36.6 Å². The molecule has 1 aromatic heterocycles. The van der Waals surface area contributed by atoms with Gasteiger partial charge in [-0.25, -0.2) is 0 Å². The van der Waals surface area contributed by atoms with Crippen LogP contribution in [0.25, 0.3) is 0 Å². The van der Waals surface area contributed by atoms with Gasteiger partial charge in [0.25, 0.3) is 5.91 Å². The Morgan fingerprint density at radius 2 is 2.04 bits per heavy atom. The van der Waals surface area contributed by atoms with Crippen LogP contribution in [0.1, 0.15) is 29.9 Å². The highest BCUT2D eigenvalue weighted by atomic mass is 16.5. The van der Waals surface area contributed by atoms with Crippen molar-refractivity contribution >= 4 is 5.91 Å². The number of aromatic nitrogens is 2. The second kappa shape index (κ2) is 8.08. The molecule has 0 aliphatic rings. The largest absolute Gasteiger partial charge is 0.489 e. The van der Waals surface area contributed by atoms with Crippen molar-refractivity contribution in [2.24, 2.45) is 0 Å². The molecule has 0 saturated heterocycles. The van der Waals surface area contributed by atoms with Crippen LogP contribution in [0.3, 0.4) is 0 Å². The summed E-state index contributed by atoms with van der Waals surface area (Å²) < 4.78 is 5.52. The average molecular weight is 311 g/mol. The summed E-state index contributed by atoms with van der Waals surface area (Å²) in [6.45, 7) is 8.10. The van der Waals surface area contributed by atoms with Gasteiger partial charge in [0.15, 0.2) is 0 Å². The van der Waals surface area contributed by atoms with Crippen molar-refractivity contribution in [3.8, 4) is 5.75 Å². The summed E-state index contributed by atoms with van der Waals surface area (Å²) in [4.78, 5) is 20.4. The first kappa shape index (κ1) is 16.7. The van der Waals surface area contributed by atoms with Gasteiger partial charge in [-0.15, -0.1) is 0 Å². The average Bonchev–Trinajstić information content (AvgIpc) is 2.54. The van der Waals surface area contributed by atoms with Crippen LogP contribution >= 0.6 is 0 Å². The van der Waals surface area contributed by atoms with Gasteiger partial charge in [0.1, 0.15) is 12.4 Å². The summed E-state index contributed by atoms with van der Waals surface area (Å²) in [5, 5.41) is 2.95. The van der Waals surface area contributed by atoms with Gasteiger partial charge < -0.3 is 10.1 Å². The molecule has 1 heterocycles. The molecule has 1 N–H and O–H groups in total. The summed E-state index contributed by atoms with van der Waals surface area (Å²) in [6, 6.07) is 7.03. The Hall–Kier alpha value is -2.69. The van der Waals surface area contributed by atoms with Crippen molar-refractivity contribution in [1.29, 1.82) is 0 Å². The number of carbonyl (C=O) groups excluding carboxylic acids is 1. The fourth-order valence-electron chi connectivity index (χ4n) is 2.02. The Labute approximate surface area is 136 Å². The smallest absolute Gasteiger partial charge is 0.251 e. The van der Waals surface area contributed by atoms with Crippen LogP contribution in [0.5, 0.6) is 5.75 Å². The maximum Gasteiger partial charge on any atom is 0.251 e. The minimum absolute atomic E-state index is 0.0291. The molecule has 0 unspecified atom stereocenters. The third-order valence-corrected chi connectivity index (χ3v) is 3.11. The molecule has 0 bridgehead atoms. The molecule has 0 spiro atoms. The number of carbonyl (C=O) groups is 1. The van der Waals surface area contributed by atoms with Gasteiger partial charge in [-0.05, 0) is 43.7 Å². The maximum atomic E-state index is 12.2. The molecule has 2 aromatic rings. The molecular weight excluding hydrogens is 290 g/mol. The fourth-order valence-corrected chi connectivity index (χ4v) is 2.02. The van der Waals surface area contributed by atoms with E-state index in [0.29, 0.717) is 18.6 Å². The minimum Gasteiger partial charge on any atom is -0.489 e. The third-order valence-electron chi connectivity index (χ3n) is 3.11. The van der Waals surface area contributed by atoms with Crippen molar-refractivity contribution in [2.45, 2.75) is 26.3 Å². The molecule has 0 aliphatic heterocycles. The van der Waals surface area contributed by atoms with E-state index >= 15 is 0 Å². The molecule has 0 fully saturated rings. The van der Waals surface area contributed by atoms with Crippen molar-refractivity contribution in [3.63, 3.8) is 0 Å². The van der Waals surface area contributed by atoms with Gasteiger partial charge in [-0.2, -0.15) is 0 Å². The van der Waals surface area contributed by atoms with Gasteiger partial charge in [-0.1, -0.05) is 6.58 Å². The number of nitrogens with zero attached hydrogens (tertiary/aromatic N) is 2. The van der Waals surface area contributed by atoms with Crippen molar-refractivity contribution in [1.82, 2.24) is 15.3 Å². The van der Waals surface area contributed by atoms with Gasteiger partial charge in [-0.3, -0.25) is 14.8 Å². The van der Waals surface area contributed by atoms with E-state index in [1.807, 2.05) is 13.8 Å². The van der Waals surface area contributed by atoms with Crippen LogP contribution in [0.2, 0.25) is 0 Å². The third kappa shape index (κ3) is 5.54. The first-order valence-electron chi connectivity index (χ1n) is 7.47. The second-order valence-corrected chi connectivity index (χ2v) is 5.55. The number of amides is 1. The quantitative estimate of drug-likeness (QED) is 0.799. The number of hydrogen-bond acceptors (Lipinski definition) is 4. The van der Waals surface area contributed by atoms with Gasteiger partial charge >= 0.3 is 0 Å². The SMILES string of the molecule is C=C(C)COc1ccc(C(=O)N[C@@H](C)Cc2cnccn2)cc1. The van der Waals surface area contributed by atoms with Crippen molar-refractivity contribution < 1.29 is 9.53 Å². The van der Waals surface area contributed by atoms with Crippen molar-refractivity contribution in [2.75, 3.05) is 6.61 Å². The molecule has 0 aliphatic carbocycles. The summed E-state index contributed by atoms with van der Waals surface area (Å²) in [5.74, 6) is 0.602. The zero-order valence-corrected chi connectivity index (χ0v) is 13.5. The molecule has 23 heavy (non-hydrogen) atoms. The van der Waals surface area contributed by atoms with Crippen LogP contribution in [-0.4, -0.2) is 28.5 Å². The van der Waals surface area contributed by atoms with E-state index in [1.165, 1.54) is 0 Å². The highest BCUT2D eigenvalue weighted by molar-refractivity contribution is 5.94. The first-order valence-corrected chi connectivity index (χ1v) is 7.47. The number of benzene rings is 1. The molecule has 2 rings (SSSR count). The van der Waals surface area contributed by atoms with E-state index in [2.05, 4.69) is 21.9 Å². The molecule has 120 valence electrons. The second-order valence-electron chi connectivity index (χ2n) is 5.55. The molecular formula is C18H21N3O2. The Morgan fingerprint density at radius 3 is 2.65 bits per heavy atom. The van der Waals surface area contributed by atoms with Gasteiger partial charge in [0.05, 0.1) is 5.69 Å². The molecule has 1 amide bonds. The number of ether oxygens (including phenoxy) is 1. The topological polar surface area (TPSA) is 64.1 Å². The fraction of sp³-hybridized carbons (Fsp3) is 0.278. The van der Waals surface area contributed by atoms with E-state index in [0.717, 1.165) is 17.0 Å². The van der Waals surface area contributed by atoms with E-state index in [1.54, 1.807) is 42.9 Å². The summed E-state index contributed by atoms with van der Waals surface area (Å²) in [5.41, 5.74) is 2.40. The summed E-state index contributed by atoms with van der Waals surface area (Å²) in [6.07, 6.45) is 5.62. The van der Waals surface area contributed by atoms with Crippen molar-refractivity contribution in [3.05, 3.63) is 66.3 Å². The summed E-state index contributed by atoms with van der Waals surface area (Å²) >= 11 is 0. The lowest BCUT2D eigenvalue weighted by molar-refractivity contribution is 0.0940. The van der Waals surface area contributed by atoms with E-state index in [4.69, 9.17) is 4.74 Å². The number of rotatable bonds is 7. The Kier molecular flexibility index (Phi) is 5.86. The van der Waals surface area contributed by atoms with Crippen LogP contribution in [0.4, 0.5) is 0 Å². The lowest BCUT2D eigenvalue weighted by atomic mass is 10.1. The predicted octanol–water partition coefficient (Wildman–Crippen LogP) is 2.79. The Bertz CT molecular complexity index is 654. The van der Waals surface area contributed by atoms with Crippen LogP contribution < -0.4 is 10.1 Å². The molecule has 1 aromatic carbocycles. The van der Waals surface area contributed by atoms with E-state index < -0.39 is 0 Å². The van der Waals surface area contributed by atoms with Gasteiger partial charge in [0.2, 0.25) is 0 Å². The zero-order valence-electron chi connectivity index (χ0n) is 13.5. The monoisotopic (exact) mass is 311 g/mol. The minimum atomic E-state index is -0.118. The lowest BCUT2D eigenvalue weighted by Crippen LogP contribution is -2.34. The number of hydrogen-bond donors (Lipinski definition) is 1. The molecule has 5 heteroatoms. The lowest BCUT2D eigenvalue weighted by Gasteiger charge is -2.13. The summed E-state index contributed by atoms with van der Waals surface area (Å²) in [7, 11) is 0. The van der Waals surface area contributed by atoms with Crippen LogP contribution in [-0.2, 0) is 6.42 Å². The highest BCUT2D eigenvalue weighted by Gasteiger charge is 2.11. The molecule has 0 radical (unpaired) electrons. The predicted molar refractivity (Wildman–Crippen MR) is 89.4 cm³/mol. The first-order chi connectivity index (χ1) is 11.0. The Balaban J connectivity index is 1.88. The normalized spacial score (nSPS) is 11.6. The highest BCUT2D eigenvalue weighted by Crippen LogP contribution is 2.13. The maximum absolute atomic E-state index is 12.2. The van der Waals surface area contributed by atoms with E-state index in [-0.39, 0.29) is 11.9 Å². The zero-order chi connectivity index (χ0) is 16.7. The van der Waals surface area contributed by atoms with Crippen LogP contribution in [0, 0.1) is 0 Å². The molecule has 5 nitrogen and oxygen atoms in total. The Morgan fingerprint density at radius 1 is 1.30 bits per heavy atom. The molecule has 1 atom stereocenters. The standard InChI is InChI=1S/C18H21N3O2/c1-13(2)12-23-17-6-4-15(5-7-17)18(22)21-14(3)10-16-11-19-8-9-20-16/h4-9,11,14H,1,10,12H2,2-3H3,(H,21,22)/t14-/m0/s1. The number of nitrogens with one attached hydrogen (secondary N) is 1. The van der Waals surface area contributed by atoms with Crippen LogP contribution in [0.15, 0.2) is 55.0 Å². The molecule has 0 saturated carbocycles. The van der Waals surface area contributed by atoms with E-state index in [9.17, 15) is 4.79 Å².